The first-order valence-electron chi connectivity index (χ1n) is 16.5. The molecule has 2 aromatic heterocycles. The lowest BCUT2D eigenvalue weighted by Gasteiger charge is -2.31. The van der Waals surface area contributed by atoms with Gasteiger partial charge in [0, 0.05) is 23.9 Å². The fraction of sp³-hybridized carbons (Fsp3) is 0.324. The molecule has 3 aromatic carbocycles. The second-order valence-electron chi connectivity index (χ2n) is 14.1. The summed E-state index contributed by atoms with van der Waals surface area (Å²) in [6, 6.07) is 19.6. The van der Waals surface area contributed by atoms with Crippen molar-refractivity contribution in [2.45, 2.75) is 51.7 Å². The third-order valence-corrected chi connectivity index (χ3v) is 11.9. The number of anilines is 2. The first-order chi connectivity index (χ1) is 24.1. The van der Waals surface area contributed by atoms with Crippen molar-refractivity contribution in [1.29, 1.82) is 0 Å². The highest BCUT2D eigenvalue weighted by Gasteiger charge is 2.32. The molecular weight excluding hydrogens is 697 g/mol. The van der Waals surface area contributed by atoms with Gasteiger partial charge in [-0.25, -0.2) is 18.2 Å². The Morgan fingerprint density at radius 2 is 1.61 bits per heavy atom. The molecule has 0 aliphatic carbocycles. The Morgan fingerprint density at radius 1 is 0.922 bits per heavy atom. The molecule has 0 fully saturated rings. The number of aromatic nitrogens is 2. The van der Waals surface area contributed by atoms with Crippen molar-refractivity contribution in [2.75, 3.05) is 31.7 Å². The number of benzene rings is 3. The maximum Gasteiger partial charge on any atom is 0.297 e. The zero-order valence-electron chi connectivity index (χ0n) is 29.4. The van der Waals surface area contributed by atoms with Gasteiger partial charge in [0.05, 0.1) is 10.5 Å². The molecule has 270 valence electrons. The van der Waals surface area contributed by atoms with Crippen molar-refractivity contribution in [1.82, 2.24) is 9.38 Å². The molecule has 14 heteroatoms. The molecule has 51 heavy (non-hydrogen) atoms. The van der Waals surface area contributed by atoms with Crippen LogP contribution in [0, 0.1) is 24.0 Å². The summed E-state index contributed by atoms with van der Waals surface area (Å²) in [4.78, 5) is 4.67. The van der Waals surface area contributed by atoms with Crippen LogP contribution in [-0.4, -0.2) is 52.5 Å². The van der Waals surface area contributed by atoms with Crippen molar-refractivity contribution in [3.8, 4) is 34.4 Å². The SMILES string of the molecule is Cc1ccc(S(=O)(=O)OCCOc2cccc3nc(-c4c(F)cc(O[Si](C)(C)CC(C)(C)C)cc4F)c(Nc4ccc5c(c4)OCCO5)n23)cc1. The van der Waals surface area contributed by atoms with E-state index in [1.807, 2.05) is 20.0 Å². The van der Waals surface area contributed by atoms with E-state index in [-0.39, 0.29) is 52.2 Å². The van der Waals surface area contributed by atoms with Gasteiger partial charge in [-0.3, -0.25) is 4.18 Å². The van der Waals surface area contributed by atoms with Gasteiger partial charge in [-0.1, -0.05) is 44.5 Å². The minimum atomic E-state index is -4.02. The van der Waals surface area contributed by atoms with Crippen LogP contribution in [0.3, 0.4) is 0 Å². The number of pyridine rings is 1. The van der Waals surface area contributed by atoms with Gasteiger partial charge >= 0.3 is 0 Å². The summed E-state index contributed by atoms with van der Waals surface area (Å²) in [5.74, 6) is -0.0962. The topological polar surface area (TPSA) is 110 Å². The van der Waals surface area contributed by atoms with Crippen molar-refractivity contribution >= 4 is 35.6 Å². The van der Waals surface area contributed by atoms with Gasteiger partial charge in [-0.05, 0) is 67.9 Å². The van der Waals surface area contributed by atoms with Crippen molar-refractivity contribution in [2.24, 2.45) is 5.41 Å². The van der Waals surface area contributed by atoms with E-state index in [0.717, 1.165) is 11.6 Å². The lowest BCUT2D eigenvalue weighted by atomic mass is 10.0. The molecule has 0 unspecified atom stereocenters. The molecule has 0 amide bonds. The van der Waals surface area contributed by atoms with Gasteiger partial charge < -0.3 is 24.0 Å². The molecule has 6 rings (SSSR count). The minimum absolute atomic E-state index is 0.0149. The second-order valence-corrected chi connectivity index (χ2v) is 19.8. The van der Waals surface area contributed by atoms with E-state index in [4.69, 9.17) is 22.8 Å². The molecule has 0 bridgehead atoms. The van der Waals surface area contributed by atoms with Crippen LogP contribution in [0.4, 0.5) is 20.3 Å². The Bertz CT molecular complexity index is 2140. The van der Waals surface area contributed by atoms with Crippen LogP contribution >= 0.6 is 0 Å². The van der Waals surface area contributed by atoms with Gasteiger partial charge in [0.15, 0.2) is 11.5 Å². The smallest absolute Gasteiger partial charge is 0.297 e. The zero-order chi connectivity index (χ0) is 36.6. The fourth-order valence-electron chi connectivity index (χ4n) is 6.25. The molecule has 0 radical (unpaired) electrons. The van der Waals surface area contributed by atoms with Crippen molar-refractivity contribution < 1.29 is 40.0 Å². The van der Waals surface area contributed by atoms with E-state index < -0.39 is 30.1 Å². The highest BCUT2D eigenvalue weighted by molar-refractivity contribution is 7.86. The standard InChI is InChI=1S/C37H41F2N3O7SSi/c1-24-10-13-27(14-11-24)50(43,44)48-19-18-47-33-9-7-8-32-41-35(36(42(32)33)40-25-12-15-30-31(20-25)46-17-16-45-30)34-28(38)21-26(22-29(34)39)49-51(5,6)23-37(2,3)4/h7-15,20-22,40H,16-19,23H2,1-6H3. The van der Waals surface area contributed by atoms with E-state index in [1.54, 1.807) is 52.9 Å². The highest BCUT2D eigenvalue weighted by Crippen LogP contribution is 2.40. The summed E-state index contributed by atoms with van der Waals surface area (Å²) >= 11 is 0. The van der Waals surface area contributed by atoms with Crippen LogP contribution < -0.4 is 24.0 Å². The van der Waals surface area contributed by atoms with E-state index in [1.165, 1.54) is 24.3 Å². The van der Waals surface area contributed by atoms with Gasteiger partial charge in [0.2, 0.25) is 14.2 Å². The number of ether oxygens (including phenoxy) is 3. The number of nitrogens with zero attached hydrogens (tertiary/aromatic N) is 2. The highest BCUT2D eigenvalue weighted by atomic mass is 32.2. The predicted molar refractivity (Wildman–Crippen MR) is 193 cm³/mol. The Hall–Kier alpha value is -4.66. The molecule has 10 nitrogen and oxygen atoms in total. The molecular formula is C37H41F2N3O7SSi. The molecule has 1 N–H and O–H groups in total. The summed E-state index contributed by atoms with van der Waals surface area (Å²) in [5, 5.41) is 3.26. The lowest BCUT2D eigenvalue weighted by Crippen LogP contribution is -2.38. The Balaban J connectivity index is 1.35. The number of aryl methyl sites for hydroxylation is 1. The number of imidazole rings is 1. The van der Waals surface area contributed by atoms with E-state index in [2.05, 4.69) is 31.1 Å². The zero-order valence-corrected chi connectivity index (χ0v) is 31.2. The molecule has 0 atom stereocenters. The molecule has 0 saturated heterocycles. The van der Waals surface area contributed by atoms with Crippen LogP contribution in [0.2, 0.25) is 19.1 Å². The predicted octanol–water partition coefficient (Wildman–Crippen LogP) is 8.52. The summed E-state index contributed by atoms with van der Waals surface area (Å²) in [6.07, 6.45) is 0. The van der Waals surface area contributed by atoms with Crippen LogP contribution in [0.25, 0.3) is 16.9 Å². The molecule has 3 heterocycles. The molecule has 0 saturated carbocycles. The van der Waals surface area contributed by atoms with Crippen molar-refractivity contribution in [3.63, 3.8) is 0 Å². The number of hydrogen-bond acceptors (Lipinski definition) is 9. The van der Waals surface area contributed by atoms with E-state index in [9.17, 15) is 8.42 Å². The van der Waals surface area contributed by atoms with Crippen LogP contribution in [0.1, 0.15) is 26.3 Å². The Morgan fingerprint density at radius 3 is 2.29 bits per heavy atom. The van der Waals surface area contributed by atoms with Gasteiger partial charge in [-0.2, -0.15) is 8.42 Å². The van der Waals surface area contributed by atoms with Crippen LogP contribution in [0.15, 0.2) is 77.7 Å². The fourth-order valence-corrected chi connectivity index (χ4v) is 10.5. The first-order valence-corrected chi connectivity index (χ1v) is 21.1. The third-order valence-electron chi connectivity index (χ3n) is 7.90. The minimum Gasteiger partial charge on any atom is -0.544 e. The molecule has 1 aliphatic rings. The Labute approximate surface area is 297 Å². The van der Waals surface area contributed by atoms with Gasteiger partial charge in [0.1, 0.15) is 61.0 Å². The monoisotopic (exact) mass is 737 g/mol. The molecule has 5 aromatic rings. The largest absolute Gasteiger partial charge is 0.544 e. The first kappa shape index (κ1) is 36.1. The van der Waals surface area contributed by atoms with E-state index in [0.29, 0.717) is 36.0 Å². The summed E-state index contributed by atoms with van der Waals surface area (Å²) in [5.41, 5.74) is 1.36. The van der Waals surface area contributed by atoms with E-state index >= 15 is 8.78 Å². The quantitative estimate of drug-likeness (QED) is 0.0766. The number of rotatable bonds is 12. The average Bonchev–Trinajstić information content (AvgIpc) is 3.39. The lowest BCUT2D eigenvalue weighted by molar-refractivity contribution is 0.171. The summed E-state index contributed by atoms with van der Waals surface area (Å²) in [6.45, 7) is 12.5. The number of fused-ring (bicyclic) bond motifs is 2. The third kappa shape index (κ3) is 8.46. The number of nitrogens with one attached hydrogen (secondary N) is 1. The average molecular weight is 738 g/mol. The maximum atomic E-state index is 16.1. The van der Waals surface area contributed by atoms with Gasteiger partial charge in [-0.15, -0.1) is 0 Å². The van der Waals surface area contributed by atoms with Crippen LogP contribution in [-0.2, 0) is 14.3 Å². The normalized spacial score (nSPS) is 13.3. The van der Waals surface area contributed by atoms with Crippen molar-refractivity contribution in [3.05, 3.63) is 90.0 Å². The second kappa shape index (κ2) is 14.2. The summed E-state index contributed by atoms with van der Waals surface area (Å²) in [7, 11) is -6.35. The molecule has 1 aliphatic heterocycles. The van der Waals surface area contributed by atoms with Gasteiger partial charge in [0.25, 0.3) is 10.1 Å². The maximum absolute atomic E-state index is 16.1. The number of halogens is 2. The molecule has 0 spiro atoms. The van der Waals surface area contributed by atoms with Crippen LogP contribution in [0.5, 0.6) is 23.1 Å². The summed E-state index contributed by atoms with van der Waals surface area (Å²) < 4.78 is 88.0. The Kier molecular flexibility index (Phi) is 10.0. The number of hydrogen-bond donors (Lipinski definition) is 1.